The van der Waals surface area contributed by atoms with E-state index in [1.807, 2.05) is 24.3 Å². The minimum absolute atomic E-state index is 0.169. The molecular formula is C26H32ClFN4. The molecule has 2 unspecified atom stereocenters. The number of hydrogen-bond acceptors (Lipinski definition) is 4. The van der Waals surface area contributed by atoms with Crippen molar-refractivity contribution in [3.63, 3.8) is 0 Å². The number of nitrogens with zero attached hydrogens (tertiary/aromatic N) is 2. The molecule has 4 nitrogen and oxygen atoms in total. The zero-order chi connectivity index (χ0) is 22.9. The third-order valence-corrected chi connectivity index (χ3v) is 5.96. The Bertz CT molecular complexity index is 986. The third-order valence-electron chi connectivity index (χ3n) is 5.65. The Hall–Kier alpha value is -2.66. The lowest BCUT2D eigenvalue weighted by Crippen LogP contribution is -2.26. The van der Waals surface area contributed by atoms with Gasteiger partial charge in [0.05, 0.1) is 16.5 Å². The zero-order valence-corrected chi connectivity index (χ0v) is 19.6. The standard InChI is InChI=1S/C26H32ClFN4/c1-4-8-19(14-20(28)5-2)16-29-25-12-7-11-24(32-25)22-15-26(30-17-23(22)27)31-21-10-6-9-18(3)13-21/h4,7-8,11-12,14-15,17-18,21H,1,5-6,9-10,13,16H2,2-3H3,(H,29,32)(H,30,31)/b19-8+,20-14+. The number of anilines is 2. The molecule has 3 rings (SSSR count). The molecule has 1 saturated carbocycles. The summed E-state index contributed by atoms with van der Waals surface area (Å²) in [4.78, 5) is 9.19. The number of hydrogen-bond donors (Lipinski definition) is 2. The van der Waals surface area contributed by atoms with Gasteiger partial charge in [0.1, 0.15) is 11.6 Å². The van der Waals surface area contributed by atoms with Gasteiger partial charge < -0.3 is 10.6 Å². The fourth-order valence-corrected chi connectivity index (χ4v) is 4.18. The van der Waals surface area contributed by atoms with E-state index in [1.54, 1.807) is 25.3 Å². The molecule has 0 aliphatic heterocycles. The predicted molar refractivity (Wildman–Crippen MR) is 134 cm³/mol. The second kappa shape index (κ2) is 11.8. The topological polar surface area (TPSA) is 49.8 Å². The van der Waals surface area contributed by atoms with Crippen LogP contribution in [-0.4, -0.2) is 22.6 Å². The smallest absolute Gasteiger partial charge is 0.126 e. The van der Waals surface area contributed by atoms with Gasteiger partial charge >= 0.3 is 0 Å². The lowest BCUT2D eigenvalue weighted by molar-refractivity contribution is 0.358. The van der Waals surface area contributed by atoms with Crippen molar-refractivity contribution in [2.45, 2.75) is 52.0 Å². The van der Waals surface area contributed by atoms with Crippen molar-refractivity contribution < 1.29 is 4.39 Å². The second-order valence-corrected chi connectivity index (χ2v) is 8.75. The van der Waals surface area contributed by atoms with E-state index in [0.717, 1.165) is 41.4 Å². The van der Waals surface area contributed by atoms with E-state index < -0.39 is 0 Å². The van der Waals surface area contributed by atoms with Gasteiger partial charge in [-0.3, -0.25) is 0 Å². The number of allylic oxidation sites excluding steroid dienone is 3. The quantitative estimate of drug-likeness (QED) is 0.383. The van der Waals surface area contributed by atoms with Crippen LogP contribution in [0, 0.1) is 5.92 Å². The monoisotopic (exact) mass is 454 g/mol. The summed E-state index contributed by atoms with van der Waals surface area (Å²) in [5.74, 6) is 2.07. The van der Waals surface area contributed by atoms with Gasteiger partial charge in [0.15, 0.2) is 0 Å². The highest BCUT2D eigenvalue weighted by atomic mass is 35.5. The maximum atomic E-state index is 13.7. The average molecular weight is 455 g/mol. The van der Waals surface area contributed by atoms with Gasteiger partial charge in [-0.15, -0.1) is 0 Å². The first-order chi connectivity index (χ1) is 15.5. The van der Waals surface area contributed by atoms with E-state index in [4.69, 9.17) is 16.6 Å². The van der Waals surface area contributed by atoms with Crippen molar-refractivity contribution in [1.82, 2.24) is 9.97 Å². The molecule has 32 heavy (non-hydrogen) atoms. The van der Waals surface area contributed by atoms with Crippen molar-refractivity contribution in [2.24, 2.45) is 5.92 Å². The normalized spacial score (nSPS) is 19.5. The van der Waals surface area contributed by atoms with E-state index in [2.05, 4.69) is 29.1 Å². The highest BCUT2D eigenvalue weighted by Gasteiger charge is 2.19. The number of aromatic nitrogens is 2. The van der Waals surface area contributed by atoms with Gasteiger partial charge in [-0.2, -0.15) is 0 Å². The van der Waals surface area contributed by atoms with Crippen molar-refractivity contribution >= 4 is 23.2 Å². The van der Waals surface area contributed by atoms with Gasteiger partial charge in [0, 0.05) is 24.3 Å². The summed E-state index contributed by atoms with van der Waals surface area (Å²) < 4.78 is 13.7. The first kappa shape index (κ1) is 24.0. The Morgan fingerprint density at radius 2 is 2.16 bits per heavy atom. The Kier molecular flexibility index (Phi) is 8.86. The molecule has 2 aromatic heterocycles. The van der Waals surface area contributed by atoms with Crippen LogP contribution >= 0.6 is 11.6 Å². The van der Waals surface area contributed by atoms with Crippen LogP contribution in [0.25, 0.3) is 11.3 Å². The highest BCUT2D eigenvalue weighted by Crippen LogP contribution is 2.31. The van der Waals surface area contributed by atoms with Crippen molar-refractivity contribution in [3.8, 4) is 11.3 Å². The molecule has 1 aliphatic carbocycles. The minimum Gasteiger partial charge on any atom is -0.367 e. The van der Waals surface area contributed by atoms with Crippen LogP contribution in [0.5, 0.6) is 0 Å². The van der Waals surface area contributed by atoms with E-state index in [1.165, 1.54) is 18.9 Å². The van der Waals surface area contributed by atoms with Crippen molar-refractivity contribution in [2.75, 3.05) is 17.2 Å². The van der Waals surface area contributed by atoms with Crippen LogP contribution in [0.4, 0.5) is 16.0 Å². The second-order valence-electron chi connectivity index (χ2n) is 8.35. The molecule has 2 N–H and O–H groups in total. The van der Waals surface area contributed by atoms with Crippen LogP contribution in [0.3, 0.4) is 0 Å². The van der Waals surface area contributed by atoms with Gasteiger partial charge in [-0.1, -0.05) is 63.1 Å². The maximum absolute atomic E-state index is 13.7. The van der Waals surface area contributed by atoms with E-state index in [9.17, 15) is 4.39 Å². The molecule has 2 aromatic rings. The van der Waals surface area contributed by atoms with Crippen molar-refractivity contribution in [3.05, 3.63) is 71.7 Å². The third kappa shape index (κ3) is 6.92. The lowest BCUT2D eigenvalue weighted by atomic mass is 9.87. The molecule has 6 heteroatoms. The lowest BCUT2D eigenvalue weighted by Gasteiger charge is -2.28. The van der Waals surface area contributed by atoms with Crippen molar-refractivity contribution in [1.29, 1.82) is 0 Å². The van der Waals surface area contributed by atoms with Gasteiger partial charge in [0.2, 0.25) is 0 Å². The summed E-state index contributed by atoms with van der Waals surface area (Å²) in [6.07, 6.45) is 11.9. The minimum atomic E-state index is -0.169. The Morgan fingerprint density at radius 1 is 1.31 bits per heavy atom. The Balaban J connectivity index is 1.75. The molecule has 0 spiro atoms. The molecule has 1 aliphatic rings. The fourth-order valence-electron chi connectivity index (χ4n) is 3.98. The summed E-state index contributed by atoms with van der Waals surface area (Å²) in [5, 5.41) is 7.38. The first-order valence-corrected chi connectivity index (χ1v) is 11.7. The maximum Gasteiger partial charge on any atom is 0.126 e. The number of pyridine rings is 2. The molecule has 0 saturated heterocycles. The fraction of sp³-hybridized carbons (Fsp3) is 0.385. The van der Waals surface area contributed by atoms with E-state index in [0.29, 0.717) is 29.8 Å². The summed E-state index contributed by atoms with van der Waals surface area (Å²) in [6.45, 7) is 8.23. The van der Waals surface area contributed by atoms with Gasteiger partial charge in [-0.05, 0) is 55.0 Å². The van der Waals surface area contributed by atoms with E-state index in [-0.39, 0.29) is 5.83 Å². The molecule has 2 atom stereocenters. The van der Waals surface area contributed by atoms with Crippen LogP contribution in [0.15, 0.2) is 66.7 Å². The first-order valence-electron chi connectivity index (χ1n) is 11.3. The molecule has 170 valence electrons. The molecule has 0 aromatic carbocycles. The molecule has 2 heterocycles. The molecule has 0 amide bonds. The highest BCUT2D eigenvalue weighted by molar-refractivity contribution is 6.33. The van der Waals surface area contributed by atoms with Gasteiger partial charge in [-0.25, -0.2) is 14.4 Å². The Morgan fingerprint density at radius 3 is 2.91 bits per heavy atom. The zero-order valence-electron chi connectivity index (χ0n) is 18.9. The van der Waals surface area contributed by atoms with Crippen LogP contribution in [0.1, 0.15) is 46.0 Å². The number of nitrogens with one attached hydrogen (secondary N) is 2. The summed E-state index contributed by atoms with van der Waals surface area (Å²) >= 11 is 6.47. The molecule has 1 fully saturated rings. The van der Waals surface area contributed by atoms with Crippen LogP contribution < -0.4 is 10.6 Å². The summed E-state index contributed by atoms with van der Waals surface area (Å²) in [6, 6.07) is 8.14. The molecule has 0 bridgehead atoms. The number of halogens is 2. The van der Waals surface area contributed by atoms with Crippen LogP contribution in [-0.2, 0) is 0 Å². The molecular weight excluding hydrogens is 423 g/mol. The molecule has 0 radical (unpaired) electrons. The van der Waals surface area contributed by atoms with Gasteiger partial charge in [0.25, 0.3) is 0 Å². The SMILES string of the molecule is C=C/C=C(\C=C(\F)CC)CNc1cccc(-c2cc(NC3CCCC(C)C3)ncc2Cl)n1. The number of rotatable bonds is 9. The predicted octanol–water partition coefficient (Wildman–Crippen LogP) is 7.58. The van der Waals surface area contributed by atoms with E-state index >= 15 is 0 Å². The van der Waals surface area contributed by atoms with Crippen LogP contribution in [0.2, 0.25) is 5.02 Å². The summed E-state index contributed by atoms with van der Waals surface area (Å²) in [7, 11) is 0. The largest absolute Gasteiger partial charge is 0.367 e. The average Bonchev–Trinajstić information content (AvgIpc) is 2.79. The summed E-state index contributed by atoms with van der Waals surface area (Å²) in [5.41, 5.74) is 2.38. The Labute approximate surface area is 195 Å².